The maximum Gasteiger partial charge on any atom is 0.228 e. The molecule has 1 saturated heterocycles. The van der Waals surface area contributed by atoms with Gasteiger partial charge in [0.05, 0.1) is 17.4 Å². The molecule has 1 N–H and O–H groups in total. The van der Waals surface area contributed by atoms with Gasteiger partial charge in [0.1, 0.15) is 18.2 Å². The van der Waals surface area contributed by atoms with Gasteiger partial charge in [0.2, 0.25) is 5.91 Å². The third-order valence-corrected chi connectivity index (χ3v) is 5.01. The van der Waals surface area contributed by atoms with Crippen LogP contribution < -0.4 is 5.32 Å². The maximum absolute atomic E-state index is 12.6. The summed E-state index contributed by atoms with van der Waals surface area (Å²) in [5.74, 6) is 0.358. The molecule has 0 aromatic carbocycles. The van der Waals surface area contributed by atoms with Crippen LogP contribution in [0, 0.1) is 5.92 Å². The molecule has 0 atom stereocenters. The van der Waals surface area contributed by atoms with Gasteiger partial charge in [-0.3, -0.25) is 14.8 Å². The highest BCUT2D eigenvalue weighted by atomic mass is 19.1. The van der Waals surface area contributed by atoms with Crippen molar-refractivity contribution in [2.24, 2.45) is 5.92 Å². The highest BCUT2D eigenvalue weighted by Gasteiger charge is 2.25. The fourth-order valence-electron chi connectivity index (χ4n) is 3.43. The Labute approximate surface area is 162 Å². The van der Waals surface area contributed by atoms with Crippen LogP contribution in [0.25, 0.3) is 22.3 Å². The third kappa shape index (κ3) is 4.12. The van der Waals surface area contributed by atoms with E-state index in [9.17, 15) is 9.18 Å². The van der Waals surface area contributed by atoms with Gasteiger partial charge in [0.25, 0.3) is 0 Å². The van der Waals surface area contributed by atoms with Crippen molar-refractivity contribution in [2.75, 3.05) is 31.6 Å². The predicted molar refractivity (Wildman–Crippen MR) is 104 cm³/mol. The summed E-state index contributed by atoms with van der Waals surface area (Å²) in [5, 5.41) is 3.78. The van der Waals surface area contributed by atoms with Gasteiger partial charge in [-0.2, -0.15) is 0 Å². The molecule has 1 aliphatic rings. The second-order valence-corrected chi connectivity index (χ2v) is 6.84. The number of aromatic nitrogens is 4. The third-order valence-electron chi connectivity index (χ3n) is 5.01. The number of carbonyl (C=O) groups is 1. The Hall–Kier alpha value is -3.00. The lowest BCUT2D eigenvalue weighted by Crippen LogP contribution is -2.39. The number of rotatable bonds is 5. The van der Waals surface area contributed by atoms with Crippen LogP contribution in [0.4, 0.5) is 10.2 Å². The number of piperidine rings is 1. The molecule has 0 spiro atoms. The Morgan fingerprint density at radius 2 is 2.00 bits per heavy atom. The molecule has 4 rings (SSSR count). The number of hydrogen-bond acceptors (Lipinski definition) is 6. The number of pyridine rings is 2. The van der Waals surface area contributed by atoms with Crippen molar-refractivity contribution in [3.63, 3.8) is 0 Å². The summed E-state index contributed by atoms with van der Waals surface area (Å²) in [5.41, 5.74) is 2.13. The van der Waals surface area contributed by atoms with Gasteiger partial charge in [0.15, 0.2) is 0 Å². The summed E-state index contributed by atoms with van der Waals surface area (Å²) in [6.07, 6.45) is 8.06. The molecule has 3 aromatic rings. The summed E-state index contributed by atoms with van der Waals surface area (Å²) >= 11 is 0. The Morgan fingerprint density at radius 1 is 1.14 bits per heavy atom. The van der Waals surface area contributed by atoms with Crippen molar-refractivity contribution in [1.82, 2.24) is 24.8 Å². The zero-order valence-electron chi connectivity index (χ0n) is 15.4. The van der Waals surface area contributed by atoms with Crippen LogP contribution in [0.1, 0.15) is 12.8 Å². The summed E-state index contributed by atoms with van der Waals surface area (Å²) < 4.78 is 12.4. The molecule has 0 unspecified atom stereocenters. The summed E-state index contributed by atoms with van der Waals surface area (Å²) in [7, 11) is 0. The van der Waals surface area contributed by atoms with Crippen LogP contribution in [-0.2, 0) is 4.79 Å². The number of amides is 1. The smallest absolute Gasteiger partial charge is 0.228 e. The lowest BCUT2D eigenvalue weighted by atomic mass is 9.96. The minimum atomic E-state index is -0.346. The Morgan fingerprint density at radius 3 is 2.75 bits per heavy atom. The van der Waals surface area contributed by atoms with E-state index in [4.69, 9.17) is 0 Å². The molecule has 1 amide bonds. The molecule has 0 aliphatic carbocycles. The summed E-state index contributed by atoms with van der Waals surface area (Å²) in [6, 6.07) is 5.56. The predicted octanol–water partition coefficient (Wildman–Crippen LogP) is 2.71. The first kappa shape index (κ1) is 18.4. The maximum atomic E-state index is 12.6. The molecule has 1 fully saturated rings. The lowest BCUT2D eigenvalue weighted by Gasteiger charge is -2.30. The fraction of sp³-hybridized carbons (Fsp3) is 0.350. The minimum absolute atomic E-state index is 0.0446. The average molecular weight is 380 g/mol. The van der Waals surface area contributed by atoms with Crippen molar-refractivity contribution in [1.29, 1.82) is 0 Å². The Balaban J connectivity index is 1.47. The number of anilines is 1. The van der Waals surface area contributed by atoms with E-state index < -0.39 is 0 Å². The molecular formula is C20H21FN6O. The van der Waals surface area contributed by atoms with Crippen LogP contribution in [-0.4, -0.2) is 57.1 Å². The fourth-order valence-corrected chi connectivity index (χ4v) is 3.43. The van der Waals surface area contributed by atoms with E-state index in [-0.39, 0.29) is 18.5 Å². The van der Waals surface area contributed by atoms with E-state index in [1.165, 1.54) is 0 Å². The van der Waals surface area contributed by atoms with Crippen LogP contribution in [0.2, 0.25) is 0 Å². The number of halogens is 1. The molecule has 144 valence electrons. The molecule has 4 heterocycles. The molecule has 3 aromatic heterocycles. The first-order valence-corrected chi connectivity index (χ1v) is 9.35. The first-order chi connectivity index (χ1) is 13.7. The molecule has 0 radical (unpaired) electrons. The molecule has 1 aliphatic heterocycles. The number of fused-ring (bicyclic) bond motifs is 1. The number of nitrogens with one attached hydrogen (secondary N) is 1. The van der Waals surface area contributed by atoms with Gasteiger partial charge in [0, 0.05) is 42.5 Å². The summed E-state index contributed by atoms with van der Waals surface area (Å²) in [6.45, 7) is 1.59. The zero-order valence-corrected chi connectivity index (χ0v) is 15.4. The van der Waals surface area contributed by atoms with Crippen molar-refractivity contribution < 1.29 is 9.18 Å². The summed E-state index contributed by atoms with van der Waals surface area (Å²) in [4.78, 5) is 31.9. The van der Waals surface area contributed by atoms with E-state index >= 15 is 0 Å². The van der Waals surface area contributed by atoms with Crippen molar-refractivity contribution in [3.8, 4) is 11.4 Å². The van der Waals surface area contributed by atoms with Gasteiger partial charge in [-0.05, 0) is 38.1 Å². The van der Waals surface area contributed by atoms with Crippen LogP contribution in [0.15, 0.2) is 43.0 Å². The Kier molecular flexibility index (Phi) is 5.48. The molecule has 0 saturated carbocycles. The van der Waals surface area contributed by atoms with Crippen molar-refractivity contribution in [3.05, 3.63) is 43.0 Å². The lowest BCUT2D eigenvalue weighted by molar-refractivity contribution is -0.121. The van der Waals surface area contributed by atoms with Crippen LogP contribution in [0.5, 0.6) is 0 Å². The van der Waals surface area contributed by atoms with Crippen molar-refractivity contribution in [2.45, 2.75) is 12.8 Å². The second kappa shape index (κ2) is 8.35. The van der Waals surface area contributed by atoms with Gasteiger partial charge in [-0.1, -0.05) is 0 Å². The highest BCUT2D eigenvalue weighted by Crippen LogP contribution is 2.22. The molecule has 8 heteroatoms. The van der Waals surface area contributed by atoms with Gasteiger partial charge in [-0.15, -0.1) is 0 Å². The van der Waals surface area contributed by atoms with Crippen molar-refractivity contribution >= 4 is 22.6 Å². The average Bonchev–Trinajstić information content (AvgIpc) is 2.74. The SMILES string of the molecule is O=C(Nc1cc2nc(-c3cnccn3)ccc2cn1)C1CCN(CCF)CC1. The number of nitrogens with zero attached hydrogens (tertiary/aromatic N) is 5. The Bertz CT molecular complexity index is 959. The van der Waals surface area contributed by atoms with E-state index in [1.807, 2.05) is 12.1 Å². The highest BCUT2D eigenvalue weighted by molar-refractivity contribution is 5.93. The van der Waals surface area contributed by atoms with Crippen LogP contribution >= 0.6 is 0 Å². The largest absolute Gasteiger partial charge is 0.310 e. The van der Waals surface area contributed by atoms with E-state index in [0.717, 1.165) is 36.8 Å². The first-order valence-electron chi connectivity index (χ1n) is 9.35. The topological polar surface area (TPSA) is 83.9 Å². The molecule has 7 nitrogen and oxygen atoms in total. The van der Waals surface area contributed by atoms with E-state index in [1.54, 1.807) is 30.9 Å². The second-order valence-electron chi connectivity index (χ2n) is 6.84. The standard InChI is InChI=1S/C20H21FN6O/c21-5-10-27-8-3-14(4-9-27)20(28)26-19-11-17-15(12-24-19)1-2-16(25-17)18-13-22-6-7-23-18/h1-2,6-7,11-14H,3-5,8-10H2,(H,24,26,28). The molecular weight excluding hydrogens is 359 g/mol. The van der Waals surface area contributed by atoms with Gasteiger partial charge < -0.3 is 10.2 Å². The van der Waals surface area contributed by atoms with E-state index in [0.29, 0.717) is 23.8 Å². The van der Waals surface area contributed by atoms with Crippen LogP contribution in [0.3, 0.4) is 0 Å². The van der Waals surface area contributed by atoms with Gasteiger partial charge >= 0.3 is 0 Å². The zero-order chi connectivity index (χ0) is 19.3. The quantitative estimate of drug-likeness (QED) is 0.733. The molecule has 28 heavy (non-hydrogen) atoms. The normalized spacial score (nSPS) is 15.6. The number of hydrogen-bond donors (Lipinski definition) is 1. The van der Waals surface area contributed by atoms with Gasteiger partial charge in [-0.25, -0.2) is 14.4 Å². The molecule has 0 bridgehead atoms. The van der Waals surface area contributed by atoms with E-state index in [2.05, 4.69) is 30.2 Å². The minimum Gasteiger partial charge on any atom is -0.310 e. The monoisotopic (exact) mass is 380 g/mol. The number of alkyl halides is 1. The number of carbonyl (C=O) groups excluding carboxylic acids is 1. The number of likely N-dealkylation sites (tertiary alicyclic amines) is 1.